The molecule has 4 rings (SSSR count). The molecule has 172 valence electrons. The SMILES string of the molecule is CN(C)CCN(Cc1ccccc1)C(=O)c1cccc(S(=O)(=O)N2CCc3ccccc32)c1. The molecule has 0 N–H and O–H groups in total. The maximum absolute atomic E-state index is 13.5. The van der Waals surface area contributed by atoms with Crippen molar-refractivity contribution in [2.24, 2.45) is 0 Å². The number of hydrogen-bond donors (Lipinski definition) is 0. The average Bonchev–Trinajstić information content (AvgIpc) is 3.27. The lowest BCUT2D eigenvalue weighted by Gasteiger charge is -2.25. The van der Waals surface area contributed by atoms with Gasteiger partial charge in [0.25, 0.3) is 15.9 Å². The molecular weight excluding hydrogens is 434 g/mol. The van der Waals surface area contributed by atoms with Crippen molar-refractivity contribution >= 4 is 21.6 Å². The van der Waals surface area contributed by atoms with Crippen LogP contribution >= 0.6 is 0 Å². The van der Waals surface area contributed by atoms with Crippen molar-refractivity contribution < 1.29 is 13.2 Å². The van der Waals surface area contributed by atoms with Gasteiger partial charge in [0, 0.05) is 31.7 Å². The Morgan fingerprint density at radius 3 is 2.39 bits per heavy atom. The van der Waals surface area contributed by atoms with Gasteiger partial charge in [0.15, 0.2) is 0 Å². The minimum Gasteiger partial charge on any atom is -0.333 e. The smallest absolute Gasteiger partial charge is 0.264 e. The normalized spacial score (nSPS) is 13.2. The molecule has 0 bridgehead atoms. The lowest BCUT2D eigenvalue weighted by atomic mass is 10.1. The summed E-state index contributed by atoms with van der Waals surface area (Å²) in [4.78, 5) is 17.4. The van der Waals surface area contributed by atoms with Crippen molar-refractivity contribution in [3.8, 4) is 0 Å². The summed E-state index contributed by atoms with van der Waals surface area (Å²) < 4.78 is 28.3. The number of carbonyl (C=O) groups is 1. The third-order valence-electron chi connectivity index (χ3n) is 5.83. The number of sulfonamides is 1. The number of para-hydroxylation sites is 1. The van der Waals surface area contributed by atoms with Crippen molar-refractivity contribution in [2.45, 2.75) is 17.9 Å². The second kappa shape index (κ2) is 9.77. The first-order valence-electron chi connectivity index (χ1n) is 11.0. The number of fused-ring (bicyclic) bond motifs is 1. The fourth-order valence-electron chi connectivity index (χ4n) is 4.03. The summed E-state index contributed by atoms with van der Waals surface area (Å²) in [6, 6.07) is 23.8. The third kappa shape index (κ3) is 5.10. The topological polar surface area (TPSA) is 60.9 Å². The molecule has 7 heteroatoms. The van der Waals surface area contributed by atoms with Gasteiger partial charge in [-0.05, 0) is 55.9 Å². The zero-order valence-electron chi connectivity index (χ0n) is 19.0. The van der Waals surface area contributed by atoms with Crippen LogP contribution in [0.15, 0.2) is 83.8 Å². The van der Waals surface area contributed by atoms with Gasteiger partial charge in [-0.25, -0.2) is 8.42 Å². The van der Waals surface area contributed by atoms with Crippen LogP contribution in [0.2, 0.25) is 0 Å². The molecule has 0 saturated heterocycles. The van der Waals surface area contributed by atoms with E-state index in [-0.39, 0.29) is 10.8 Å². The summed E-state index contributed by atoms with van der Waals surface area (Å²) in [5.74, 6) is -0.181. The number of rotatable bonds is 8. The number of hydrogen-bond acceptors (Lipinski definition) is 4. The van der Waals surface area contributed by atoms with E-state index in [9.17, 15) is 13.2 Å². The highest BCUT2D eigenvalue weighted by Crippen LogP contribution is 2.32. The van der Waals surface area contributed by atoms with E-state index in [1.54, 1.807) is 23.1 Å². The van der Waals surface area contributed by atoms with Gasteiger partial charge in [-0.3, -0.25) is 9.10 Å². The van der Waals surface area contributed by atoms with Gasteiger partial charge in [0.05, 0.1) is 10.6 Å². The van der Waals surface area contributed by atoms with Crippen LogP contribution in [0.25, 0.3) is 0 Å². The molecule has 0 saturated carbocycles. The molecule has 0 aromatic heterocycles. The van der Waals surface area contributed by atoms with E-state index in [2.05, 4.69) is 0 Å². The third-order valence-corrected chi connectivity index (χ3v) is 7.64. The maximum atomic E-state index is 13.5. The van der Waals surface area contributed by atoms with Crippen molar-refractivity contribution in [3.05, 3.63) is 95.6 Å². The lowest BCUT2D eigenvalue weighted by molar-refractivity contribution is 0.0731. The zero-order chi connectivity index (χ0) is 23.4. The van der Waals surface area contributed by atoms with Crippen LogP contribution in [-0.2, 0) is 23.0 Å². The standard InChI is InChI=1S/C26H29N3O3S/c1-27(2)17-18-28(20-21-9-4-3-5-10-21)26(30)23-12-8-13-24(19-23)33(31,32)29-16-15-22-11-6-7-14-25(22)29/h3-14,19H,15-18,20H2,1-2H3. The molecule has 0 fully saturated rings. The van der Waals surface area contributed by atoms with Crippen molar-refractivity contribution in [3.63, 3.8) is 0 Å². The minimum absolute atomic E-state index is 0.136. The molecule has 0 radical (unpaired) electrons. The van der Waals surface area contributed by atoms with Crippen LogP contribution in [0, 0.1) is 0 Å². The number of carbonyl (C=O) groups excluding carboxylic acids is 1. The van der Waals surface area contributed by atoms with Crippen LogP contribution in [0.5, 0.6) is 0 Å². The van der Waals surface area contributed by atoms with E-state index in [4.69, 9.17) is 0 Å². The molecule has 0 unspecified atom stereocenters. The van der Waals surface area contributed by atoms with Crippen molar-refractivity contribution in [1.82, 2.24) is 9.80 Å². The molecule has 33 heavy (non-hydrogen) atoms. The predicted octanol–water partition coefficient (Wildman–Crippen LogP) is 3.64. The van der Waals surface area contributed by atoms with Crippen LogP contribution in [0.4, 0.5) is 5.69 Å². The van der Waals surface area contributed by atoms with Crippen LogP contribution in [0.1, 0.15) is 21.5 Å². The first kappa shape index (κ1) is 23.0. The lowest BCUT2D eigenvalue weighted by Crippen LogP contribution is -2.36. The average molecular weight is 464 g/mol. The number of nitrogens with zero attached hydrogens (tertiary/aromatic N) is 3. The molecule has 0 atom stereocenters. The van der Waals surface area contributed by atoms with Crippen LogP contribution < -0.4 is 4.31 Å². The molecule has 1 aliphatic heterocycles. The van der Waals surface area contributed by atoms with Crippen molar-refractivity contribution in [2.75, 3.05) is 38.0 Å². The molecular formula is C26H29N3O3S. The molecule has 3 aromatic rings. The van der Waals surface area contributed by atoms with E-state index < -0.39 is 10.0 Å². The molecule has 0 aliphatic carbocycles. The molecule has 1 amide bonds. The quantitative estimate of drug-likeness (QED) is 0.512. The number of likely N-dealkylation sites (N-methyl/N-ethyl adjacent to an activating group) is 1. The van der Waals surface area contributed by atoms with E-state index in [0.29, 0.717) is 43.9 Å². The van der Waals surface area contributed by atoms with Crippen LogP contribution in [-0.4, -0.2) is 57.9 Å². The summed E-state index contributed by atoms with van der Waals surface area (Å²) in [5.41, 5.74) is 3.14. The largest absolute Gasteiger partial charge is 0.333 e. The molecule has 6 nitrogen and oxygen atoms in total. The van der Waals surface area contributed by atoms with Gasteiger partial charge in [-0.15, -0.1) is 0 Å². The Morgan fingerprint density at radius 2 is 1.64 bits per heavy atom. The number of benzene rings is 3. The summed E-state index contributed by atoms with van der Waals surface area (Å²) in [7, 11) is 0.165. The summed E-state index contributed by atoms with van der Waals surface area (Å²) >= 11 is 0. The Balaban J connectivity index is 1.61. The Labute approximate surface area is 196 Å². The van der Waals surface area contributed by atoms with E-state index in [1.807, 2.05) is 73.6 Å². The zero-order valence-corrected chi connectivity index (χ0v) is 19.8. The monoisotopic (exact) mass is 463 g/mol. The van der Waals surface area contributed by atoms with Gasteiger partial charge >= 0.3 is 0 Å². The van der Waals surface area contributed by atoms with Crippen LogP contribution in [0.3, 0.4) is 0 Å². The highest BCUT2D eigenvalue weighted by atomic mass is 32.2. The number of anilines is 1. The Hall–Kier alpha value is -3.16. The van der Waals surface area contributed by atoms with Gasteiger partial charge in [-0.2, -0.15) is 0 Å². The van der Waals surface area contributed by atoms with E-state index in [0.717, 1.165) is 11.1 Å². The Bertz CT molecular complexity index is 1230. The summed E-state index contributed by atoms with van der Waals surface area (Å²) in [6.45, 7) is 2.12. The molecule has 0 spiro atoms. The molecule has 3 aromatic carbocycles. The maximum Gasteiger partial charge on any atom is 0.264 e. The predicted molar refractivity (Wildman–Crippen MR) is 131 cm³/mol. The Kier molecular flexibility index (Phi) is 6.81. The van der Waals surface area contributed by atoms with Gasteiger partial charge in [0.1, 0.15) is 0 Å². The second-order valence-electron chi connectivity index (χ2n) is 8.50. The Morgan fingerprint density at radius 1 is 0.909 bits per heavy atom. The first-order chi connectivity index (χ1) is 15.9. The van der Waals surface area contributed by atoms with Gasteiger partial charge in [0.2, 0.25) is 0 Å². The molecule has 1 heterocycles. The highest BCUT2D eigenvalue weighted by molar-refractivity contribution is 7.92. The van der Waals surface area contributed by atoms with Crippen molar-refractivity contribution in [1.29, 1.82) is 0 Å². The minimum atomic E-state index is -3.76. The fraction of sp³-hybridized carbons (Fsp3) is 0.269. The van der Waals surface area contributed by atoms with Gasteiger partial charge in [-0.1, -0.05) is 54.6 Å². The summed E-state index contributed by atoms with van der Waals surface area (Å²) in [5, 5.41) is 0. The fourth-order valence-corrected chi connectivity index (χ4v) is 5.58. The van der Waals surface area contributed by atoms with E-state index in [1.165, 1.54) is 10.4 Å². The molecule has 1 aliphatic rings. The highest BCUT2D eigenvalue weighted by Gasteiger charge is 2.31. The number of amides is 1. The van der Waals surface area contributed by atoms with E-state index >= 15 is 0 Å². The van der Waals surface area contributed by atoms with Gasteiger partial charge < -0.3 is 9.80 Å². The second-order valence-corrected chi connectivity index (χ2v) is 10.4. The summed E-state index contributed by atoms with van der Waals surface area (Å²) in [6.07, 6.45) is 0.684. The first-order valence-corrected chi connectivity index (χ1v) is 12.5.